The average molecular weight is 319 g/mol. The molecule has 2 heterocycles. The average Bonchev–Trinajstić information content (AvgIpc) is 3.05. The second-order valence-electron chi connectivity index (χ2n) is 5.39. The number of ether oxygens (including phenoxy) is 2. The number of rotatable bonds is 4. The van der Waals surface area contributed by atoms with Crippen molar-refractivity contribution >= 4 is 5.91 Å². The third kappa shape index (κ3) is 3.40. The summed E-state index contributed by atoms with van der Waals surface area (Å²) in [6, 6.07) is 5.89. The first-order chi connectivity index (χ1) is 11.2. The van der Waals surface area contributed by atoms with E-state index in [1.54, 1.807) is 19.2 Å². The molecule has 2 aromatic rings. The maximum absolute atomic E-state index is 13.4. The molecule has 23 heavy (non-hydrogen) atoms. The Labute approximate surface area is 133 Å². The molecule has 0 bridgehead atoms. The number of amides is 1. The van der Waals surface area contributed by atoms with Crippen LogP contribution in [0.15, 0.2) is 30.5 Å². The first-order valence-electron chi connectivity index (χ1n) is 7.39. The molecule has 7 heteroatoms. The highest BCUT2D eigenvalue weighted by Crippen LogP contribution is 2.22. The van der Waals surface area contributed by atoms with Gasteiger partial charge >= 0.3 is 0 Å². The maximum atomic E-state index is 13.4. The van der Waals surface area contributed by atoms with Crippen LogP contribution in [0.5, 0.6) is 0 Å². The molecule has 0 saturated carbocycles. The van der Waals surface area contributed by atoms with E-state index in [2.05, 4.69) is 15.5 Å². The van der Waals surface area contributed by atoms with Crippen LogP contribution in [-0.4, -0.2) is 48.6 Å². The van der Waals surface area contributed by atoms with E-state index in [1.165, 1.54) is 18.3 Å². The van der Waals surface area contributed by atoms with Gasteiger partial charge in [-0.3, -0.25) is 9.89 Å². The van der Waals surface area contributed by atoms with E-state index >= 15 is 0 Å². The molecule has 0 spiro atoms. The Morgan fingerprint density at radius 2 is 2.39 bits per heavy atom. The van der Waals surface area contributed by atoms with Gasteiger partial charge in [0.25, 0.3) is 5.91 Å². The van der Waals surface area contributed by atoms with Gasteiger partial charge in [-0.1, -0.05) is 12.1 Å². The first kappa shape index (κ1) is 15.6. The van der Waals surface area contributed by atoms with Crippen LogP contribution in [0.4, 0.5) is 4.39 Å². The highest BCUT2D eigenvalue weighted by atomic mass is 19.1. The Morgan fingerprint density at radius 1 is 1.52 bits per heavy atom. The summed E-state index contributed by atoms with van der Waals surface area (Å²) in [4.78, 5) is 12.6. The number of aromatic amines is 1. The Balaban J connectivity index is 1.79. The molecule has 1 fully saturated rings. The van der Waals surface area contributed by atoms with Crippen molar-refractivity contribution in [3.8, 4) is 11.3 Å². The minimum atomic E-state index is -0.368. The second-order valence-corrected chi connectivity index (χ2v) is 5.39. The minimum absolute atomic E-state index is 0.128. The van der Waals surface area contributed by atoms with Gasteiger partial charge in [-0.2, -0.15) is 5.10 Å². The molecule has 1 aliphatic heterocycles. The Hall–Kier alpha value is -2.25. The van der Waals surface area contributed by atoms with Crippen molar-refractivity contribution < 1.29 is 18.7 Å². The van der Waals surface area contributed by atoms with Crippen molar-refractivity contribution in [2.24, 2.45) is 0 Å². The van der Waals surface area contributed by atoms with Crippen LogP contribution in [0.2, 0.25) is 0 Å². The van der Waals surface area contributed by atoms with E-state index in [9.17, 15) is 9.18 Å². The number of hydrogen-bond donors (Lipinski definition) is 2. The van der Waals surface area contributed by atoms with Gasteiger partial charge in [-0.15, -0.1) is 0 Å². The number of aromatic nitrogens is 2. The molecule has 3 rings (SSSR count). The number of H-pyrrole nitrogens is 1. The molecule has 1 aromatic carbocycles. The molecule has 2 N–H and O–H groups in total. The van der Waals surface area contributed by atoms with Crippen molar-refractivity contribution in [3.05, 3.63) is 41.8 Å². The summed E-state index contributed by atoms with van der Waals surface area (Å²) in [6.07, 6.45) is 1.94. The maximum Gasteiger partial charge on any atom is 0.255 e. The Morgan fingerprint density at radius 3 is 3.17 bits per heavy atom. The predicted molar refractivity (Wildman–Crippen MR) is 81.5 cm³/mol. The van der Waals surface area contributed by atoms with E-state index in [4.69, 9.17) is 9.47 Å². The zero-order valence-electron chi connectivity index (χ0n) is 12.7. The molecule has 6 nitrogen and oxygen atoms in total. The van der Waals surface area contributed by atoms with Crippen molar-refractivity contribution in [2.75, 3.05) is 20.3 Å². The first-order valence-corrected chi connectivity index (χ1v) is 7.39. The van der Waals surface area contributed by atoms with Gasteiger partial charge in [0.15, 0.2) is 0 Å². The number of carbonyl (C=O) groups excluding carboxylic acids is 1. The van der Waals surface area contributed by atoms with E-state index in [1.807, 2.05) is 0 Å². The van der Waals surface area contributed by atoms with Crippen molar-refractivity contribution in [1.29, 1.82) is 0 Å². The second kappa shape index (κ2) is 6.89. The number of carbonyl (C=O) groups is 1. The summed E-state index contributed by atoms with van der Waals surface area (Å²) < 4.78 is 24.1. The number of benzene rings is 1. The summed E-state index contributed by atoms with van der Waals surface area (Å²) in [7, 11) is 1.59. The van der Waals surface area contributed by atoms with E-state index in [0.717, 1.165) is 0 Å². The monoisotopic (exact) mass is 319 g/mol. The fraction of sp³-hybridized carbons (Fsp3) is 0.375. The zero-order valence-corrected chi connectivity index (χ0v) is 12.7. The molecule has 1 saturated heterocycles. The smallest absolute Gasteiger partial charge is 0.255 e. The lowest BCUT2D eigenvalue weighted by molar-refractivity contribution is -0.0479. The third-order valence-electron chi connectivity index (χ3n) is 3.92. The van der Waals surface area contributed by atoms with Gasteiger partial charge in [0.05, 0.1) is 30.1 Å². The van der Waals surface area contributed by atoms with Gasteiger partial charge in [-0.05, 0) is 18.6 Å². The number of methoxy groups -OCH3 is 1. The Bertz CT molecular complexity index is 689. The van der Waals surface area contributed by atoms with Crippen LogP contribution in [0.3, 0.4) is 0 Å². The molecule has 1 amide bonds. The van der Waals surface area contributed by atoms with Crippen LogP contribution in [-0.2, 0) is 9.47 Å². The van der Waals surface area contributed by atoms with Crippen LogP contribution in [0.1, 0.15) is 16.8 Å². The van der Waals surface area contributed by atoms with Crippen LogP contribution in [0.25, 0.3) is 11.3 Å². The molecule has 122 valence electrons. The van der Waals surface area contributed by atoms with Crippen molar-refractivity contribution in [3.63, 3.8) is 0 Å². The van der Waals surface area contributed by atoms with Crippen LogP contribution < -0.4 is 5.32 Å². The van der Waals surface area contributed by atoms with E-state index in [0.29, 0.717) is 36.5 Å². The molecule has 0 unspecified atom stereocenters. The van der Waals surface area contributed by atoms with Crippen LogP contribution in [0, 0.1) is 5.82 Å². The minimum Gasteiger partial charge on any atom is -0.379 e. The molecular formula is C16H18FN3O3. The fourth-order valence-corrected chi connectivity index (χ4v) is 2.68. The van der Waals surface area contributed by atoms with Gasteiger partial charge in [0.2, 0.25) is 0 Å². The highest BCUT2D eigenvalue weighted by molar-refractivity contribution is 5.99. The van der Waals surface area contributed by atoms with Gasteiger partial charge < -0.3 is 14.8 Å². The summed E-state index contributed by atoms with van der Waals surface area (Å²) in [5.41, 5.74) is 1.43. The predicted octanol–water partition coefficient (Wildman–Crippen LogP) is 1.75. The molecular weight excluding hydrogens is 301 g/mol. The molecule has 1 aliphatic rings. The fourth-order valence-electron chi connectivity index (χ4n) is 2.68. The quantitative estimate of drug-likeness (QED) is 0.900. The van der Waals surface area contributed by atoms with Crippen molar-refractivity contribution in [2.45, 2.75) is 18.6 Å². The Kier molecular flexibility index (Phi) is 4.68. The number of nitrogens with zero attached hydrogens (tertiary/aromatic N) is 1. The van der Waals surface area contributed by atoms with Gasteiger partial charge in [0.1, 0.15) is 11.9 Å². The number of hydrogen-bond acceptors (Lipinski definition) is 4. The topological polar surface area (TPSA) is 76.2 Å². The summed E-state index contributed by atoms with van der Waals surface area (Å²) in [5.74, 6) is -0.640. The van der Waals surface area contributed by atoms with Crippen LogP contribution >= 0.6 is 0 Å². The lowest BCUT2D eigenvalue weighted by atomic mass is 10.0. The SMILES string of the molecule is CO[C@@H]1COCC[C@H]1NC(=O)c1cn[nH]c1-c1cccc(F)c1. The number of halogens is 1. The van der Waals surface area contributed by atoms with Gasteiger partial charge in [0, 0.05) is 19.3 Å². The van der Waals surface area contributed by atoms with Crippen molar-refractivity contribution in [1.82, 2.24) is 15.5 Å². The summed E-state index contributed by atoms with van der Waals surface area (Å²) in [6.45, 7) is 1.02. The lowest BCUT2D eigenvalue weighted by Gasteiger charge is -2.30. The largest absolute Gasteiger partial charge is 0.379 e. The summed E-state index contributed by atoms with van der Waals surface area (Å²) >= 11 is 0. The van der Waals surface area contributed by atoms with E-state index in [-0.39, 0.29) is 23.9 Å². The molecule has 2 atom stereocenters. The lowest BCUT2D eigenvalue weighted by Crippen LogP contribution is -2.49. The molecule has 0 aliphatic carbocycles. The molecule has 0 radical (unpaired) electrons. The van der Waals surface area contributed by atoms with Gasteiger partial charge in [-0.25, -0.2) is 4.39 Å². The number of nitrogens with one attached hydrogen (secondary N) is 2. The highest BCUT2D eigenvalue weighted by Gasteiger charge is 2.28. The van der Waals surface area contributed by atoms with E-state index < -0.39 is 0 Å². The zero-order chi connectivity index (χ0) is 16.2. The standard InChI is InChI=1S/C16H18FN3O3/c1-22-14-9-23-6-5-13(14)19-16(21)12-8-18-20-15(12)10-3-2-4-11(17)7-10/h2-4,7-8,13-14H,5-6,9H2,1H3,(H,18,20)(H,19,21)/t13-,14-/m1/s1. The summed E-state index contributed by atoms with van der Waals surface area (Å²) in [5, 5.41) is 9.63. The normalized spacial score (nSPS) is 21.1. The third-order valence-corrected chi connectivity index (χ3v) is 3.92. The molecule has 1 aromatic heterocycles.